The van der Waals surface area contributed by atoms with Crippen LogP contribution in [0.2, 0.25) is 0 Å². The zero-order valence-electron chi connectivity index (χ0n) is 10.6. The first-order valence-corrected chi connectivity index (χ1v) is 7.21. The number of nitrogens with two attached hydrogens (primary N) is 1. The van der Waals surface area contributed by atoms with E-state index in [0.29, 0.717) is 11.3 Å². The first kappa shape index (κ1) is 13.4. The van der Waals surface area contributed by atoms with Crippen LogP contribution in [0, 0.1) is 12.8 Å². The highest BCUT2D eigenvalue weighted by atomic mass is 79.9. The quantitative estimate of drug-likeness (QED) is 0.648. The smallest absolute Gasteiger partial charge is 0.251 e. The lowest BCUT2D eigenvalue weighted by molar-refractivity contribution is 0.0952. The molecular formula is C14H19BrN2O. The molecule has 1 aliphatic carbocycles. The van der Waals surface area contributed by atoms with E-state index < -0.39 is 0 Å². The summed E-state index contributed by atoms with van der Waals surface area (Å²) >= 11 is 3.36. The zero-order valence-corrected chi connectivity index (χ0v) is 12.2. The number of hydrogen-bond donors (Lipinski definition) is 2. The van der Waals surface area contributed by atoms with Crippen LogP contribution in [-0.2, 0) is 0 Å². The highest BCUT2D eigenvalue weighted by Crippen LogP contribution is 2.33. The van der Waals surface area contributed by atoms with Crippen LogP contribution in [0.15, 0.2) is 16.6 Å². The summed E-state index contributed by atoms with van der Waals surface area (Å²) in [7, 11) is 0. The standard InChI is InChI=1S/C14H19BrN2O/c1-9-12(7-11(15)8-13(9)16)14(18)17-6-2-3-10-4-5-10/h7-8,10H,2-6,16H2,1H3,(H,17,18). The minimum atomic E-state index is -0.0312. The van der Waals surface area contributed by atoms with Crippen LogP contribution in [0.3, 0.4) is 0 Å². The van der Waals surface area contributed by atoms with Gasteiger partial charge in [0.05, 0.1) is 0 Å². The van der Waals surface area contributed by atoms with Crippen molar-refractivity contribution in [3.63, 3.8) is 0 Å². The fraction of sp³-hybridized carbons (Fsp3) is 0.500. The minimum absolute atomic E-state index is 0.0312. The second-order valence-electron chi connectivity index (χ2n) is 5.01. The maximum absolute atomic E-state index is 12.0. The van der Waals surface area contributed by atoms with Crippen LogP contribution >= 0.6 is 15.9 Å². The fourth-order valence-electron chi connectivity index (χ4n) is 2.03. The molecule has 1 fully saturated rings. The maximum atomic E-state index is 12.0. The van der Waals surface area contributed by atoms with Crippen LogP contribution in [0.25, 0.3) is 0 Å². The summed E-state index contributed by atoms with van der Waals surface area (Å²) in [6.07, 6.45) is 5.04. The lowest BCUT2D eigenvalue weighted by Crippen LogP contribution is -2.25. The third-order valence-corrected chi connectivity index (χ3v) is 3.89. The van der Waals surface area contributed by atoms with Gasteiger partial charge < -0.3 is 11.1 Å². The zero-order chi connectivity index (χ0) is 13.1. The molecule has 0 aliphatic heterocycles. The predicted octanol–water partition coefficient (Wildman–Crippen LogP) is 3.26. The van der Waals surface area contributed by atoms with Crippen molar-refractivity contribution in [2.75, 3.05) is 12.3 Å². The van der Waals surface area contributed by atoms with E-state index in [1.54, 1.807) is 0 Å². The summed E-state index contributed by atoms with van der Waals surface area (Å²) in [5, 5.41) is 2.96. The van der Waals surface area contributed by atoms with Gasteiger partial charge in [-0.05, 0) is 43.4 Å². The van der Waals surface area contributed by atoms with Crippen molar-refractivity contribution in [3.8, 4) is 0 Å². The SMILES string of the molecule is Cc1c(N)cc(Br)cc1C(=O)NCCCC1CC1. The molecule has 0 aromatic heterocycles. The average Bonchev–Trinajstić information content (AvgIpc) is 3.13. The van der Waals surface area contributed by atoms with Gasteiger partial charge in [-0.3, -0.25) is 4.79 Å². The number of halogens is 1. The molecule has 18 heavy (non-hydrogen) atoms. The van der Waals surface area contributed by atoms with Crippen molar-refractivity contribution in [2.45, 2.75) is 32.6 Å². The Morgan fingerprint density at radius 3 is 2.89 bits per heavy atom. The Labute approximate surface area is 116 Å². The van der Waals surface area contributed by atoms with E-state index in [0.717, 1.165) is 28.9 Å². The normalized spacial score (nSPS) is 14.6. The Hall–Kier alpha value is -1.03. The van der Waals surface area contributed by atoms with Crippen LogP contribution in [0.5, 0.6) is 0 Å². The molecule has 4 heteroatoms. The van der Waals surface area contributed by atoms with Gasteiger partial charge in [0.2, 0.25) is 0 Å². The topological polar surface area (TPSA) is 55.1 Å². The molecule has 0 saturated heterocycles. The lowest BCUT2D eigenvalue weighted by atomic mass is 10.1. The summed E-state index contributed by atoms with van der Waals surface area (Å²) in [5.74, 6) is 0.890. The molecule has 0 bridgehead atoms. The summed E-state index contributed by atoms with van der Waals surface area (Å²) in [5.41, 5.74) is 8.00. The Kier molecular flexibility index (Phi) is 4.27. The monoisotopic (exact) mass is 310 g/mol. The number of nitrogen functional groups attached to an aromatic ring is 1. The summed E-state index contributed by atoms with van der Waals surface area (Å²) in [6.45, 7) is 2.63. The number of amides is 1. The van der Waals surface area contributed by atoms with Gasteiger partial charge in [0.15, 0.2) is 0 Å². The van der Waals surface area contributed by atoms with E-state index in [2.05, 4.69) is 21.2 Å². The number of carbonyl (C=O) groups is 1. The highest BCUT2D eigenvalue weighted by molar-refractivity contribution is 9.10. The molecule has 3 nitrogen and oxygen atoms in total. The number of carbonyl (C=O) groups excluding carboxylic acids is 1. The molecule has 1 saturated carbocycles. The first-order chi connectivity index (χ1) is 8.58. The molecule has 0 radical (unpaired) electrons. The van der Waals surface area contributed by atoms with E-state index >= 15 is 0 Å². The Bertz CT molecular complexity index is 455. The maximum Gasteiger partial charge on any atom is 0.251 e. The van der Waals surface area contributed by atoms with Gasteiger partial charge in [0, 0.05) is 22.3 Å². The lowest BCUT2D eigenvalue weighted by Gasteiger charge is -2.10. The third kappa shape index (κ3) is 3.48. The molecule has 0 spiro atoms. The number of rotatable bonds is 5. The molecule has 0 unspecified atom stereocenters. The third-order valence-electron chi connectivity index (χ3n) is 3.43. The van der Waals surface area contributed by atoms with Gasteiger partial charge in [0.25, 0.3) is 5.91 Å². The molecule has 2 rings (SSSR count). The van der Waals surface area contributed by atoms with Crippen molar-refractivity contribution in [1.29, 1.82) is 0 Å². The van der Waals surface area contributed by atoms with E-state index in [1.165, 1.54) is 19.3 Å². The van der Waals surface area contributed by atoms with Gasteiger partial charge in [-0.15, -0.1) is 0 Å². The Balaban J connectivity index is 1.90. The summed E-state index contributed by atoms with van der Waals surface area (Å²) < 4.78 is 0.841. The van der Waals surface area contributed by atoms with Crippen molar-refractivity contribution >= 4 is 27.5 Å². The van der Waals surface area contributed by atoms with Crippen molar-refractivity contribution in [2.24, 2.45) is 5.92 Å². The second-order valence-corrected chi connectivity index (χ2v) is 5.92. The Morgan fingerprint density at radius 2 is 2.22 bits per heavy atom. The molecule has 0 heterocycles. The van der Waals surface area contributed by atoms with E-state index in [-0.39, 0.29) is 5.91 Å². The van der Waals surface area contributed by atoms with E-state index in [4.69, 9.17) is 5.73 Å². The van der Waals surface area contributed by atoms with E-state index in [9.17, 15) is 4.79 Å². The minimum Gasteiger partial charge on any atom is -0.398 e. The van der Waals surface area contributed by atoms with Gasteiger partial charge in [0.1, 0.15) is 0 Å². The molecule has 3 N–H and O–H groups in total. The van der Waals surface area contributed by atoms with Crippen LogP contribution in [0.4, 0.5) is 5.69 Å². The van der Waals surface area contributed by atoms with Crippen molar-refractivity contribution in [1.82, 2.24) is 5.32 Å². The van der Waals surface area contributed by atoms with Gasteiger partial charge in [-0.25, -0.2) is 0 Å². The number of hydrogen-bond acceptors (Lipinski definition) is 2. The summed E-state index contributed by atoms with van der Waals surface area (Å²) in [6, 6.07) is 3.64. The van der Waals surface area contributed by atoms with Gasteiger partial charge >= 0.3 is 0 Å². The molecular weight excluding hydrogens is 292 g/mol. The van der Waals surface area contributed by atoms with Crippen molar-refractivity contribution < 1.29 is 4.79 Å². The molecule has 1 aliphatic rings. The van der Waals surface area contributed by atoms with E-state index in [1.807, 2.05) is 19.1 Å². The highest BCUT2D eigenvalue weighted by Gasteiger charge is 2.20. The van der Waals surface area contributed by atoms with Crippen LogP contribution in [0.1, 0.15) is 41.6 Å². The number of nitrogens with one attached hydrogen (secondary N) is 1. The molecule has 1 aromatic rings. The molecule has 1 amide bonds. The average molecular weight is 311 g/mol. The van der Waals surface area contributed by atoms with Crippen LogP contribution in [-0.4, -0.2) is 12.5 Å². The predicted molar refractivity (Wildman–Crippen MR) is 77.6 cm³/mol. The molecule has 0 atom stereocenters. The van der Waals surface area contributed by atoms with Crippen molar-refractivity contribution in [3.05, 3.63) is 27.7 Å². The number of anilines is 1. The Morgan fingerprint density at radius 1 is 1.50 bits per heavy atom. The fourth-order valence-corrected chi connectivity index (χ4v) is 2.51. The number of benzene rings is 1. The van der Waals surface area contributed by atoms with Gasteiger partial charge in [-0.1, -0.05) is 28.8 Å². The largest absolute Gasteiger partial charge is 0.398 e. The molecule has 98 valence electrons. The molecule has 1 aromatic carbocycles. The second kappa shape index (κ2) is 5.74. The van der Waals surface area contributed by atoms with Gasteiger partial charge in [-0.2, -0.15) is 0 Å². The summed E-state index contributed by atoms with van der Waals surface area (Å²) in [4.78, 5) is 12.0. The first-order valence-electron chi connectivity index (χ1n) is 6.41. The van der Waals surface area contributed by atoms with Crippen LogP contribution < -0.4 is 11.1 Å².